The van der Waals surface area contributed by atoms with E-state index in [2.05, 4.69) is 17.4 Å². The molecule has 0 aromatic heterocycles. The average Bonchev–Trinajstić information content (AvgIpc) is 2.92. The first-order valence-corrected chi connectivity index (χ1v) is 17.1. The van der Waals surface area contributed by atoms with Gasteiger partial charge in [0, 0.05) is 13.6 Å². The van der Waals surface area contributed by atoms with E-state index in [1.54, 1.807) is 18.2 Å². The molecule has 0 aliphatic heterocycles. The number of hydrogen-bond acceptors (Lipinski definition) is 4. The molecular weight excluding hydrogens is 581 g/mol. The Labute approximate surface area is 253 Å². The zero-order valence-electron chi connectivity index (χ0n) is 23.9. The summed E-state index contributed by atoms with van der Waals surface area (Å²) < 4.78 is 27.2. The third kappa shape index (κ3) is 6.25. The smallest absolute Gasteiger partial charge is 0.244 e. The molecule has 4 aliphatic rings. The third-order valence-electron chi connectivity index (χ3n) is 9.45. The first-order chi connectivity index (χ1) is 19.4. The molecule has 0 radical (unpaired) electrons. The lowest BCUT2D eigenvalue weighted by molar-refractivity contribution is -0.140. The predicted molar refractivity (Wildman–Crippen MR) is 164 cm³/mol. The van der Waals surface area contributed by atoms with E-state index in [4.69, 9.17) is 23.2 Å². The molecule has 10 heteroatoms. The van der Waals surface area contributed by atoms with Gasteiger partial charge in [-0.25, -0.2) is 8.42 Å². The van der Waals surface area contributed by atoms with Crippen molar-refractivity contribution >= 4 is 50.7 Å². The van der Waals surface area contributed by atoms with Crippen LogP contribution < -0.4 is 9.62 Å². The Bertz CT molecular complexity index is 1380. The minimum Gasteiger partial charge on any atom is -0.357 e. The molecule has 2 aromatic rings. The molecular formula is C31H39Cl2N3O4S. The number of hydrogen-bond donors (Lipinski definition) is 1. The Hall–Kier alpha value is -2.29. The molecule has 222 valence electrons. The van der Waals surface area contributed by atoms with Gasteiger partial charge in [0.2, 0.25) is 21.8 Å². The Morgan fingerprint density at radius 3 is 2.05 bits per heavy atom. The first kappa shape index (κ1) is 30.2. The van der Waals surface area contributed by atoms with E-state index >= 15 is 0 Å². The molecule has 6 rings (SSSR count). The summed E-state index contributed by atoms with van der Waals surface area (Å²) in [5, 5.41) is 3.34. The van der Waals surface area contributed by atoms with E-state index < -0.39 is 28.5 Å². The van der Waals surface area contributed by atoms with Crippen LogP contribution in [0.5, 0.6) is 0 Å². The van der Waals surface area contributed by atoms with Crippen molar-refractivity contribution in [2.75, 3.05) is 24.2 Å². The van der Waals surface area contributed by atoms with Crippen LogP contribution >= 0.6 is 23.2 Å². The summed E-state index contributed by atoms with van der Waals surface area (Å²) in [7, 11) is -2.29. The lowest BCUT2D eigenvalue weighted by Gasteiger charge is -2.57. The number of carbonyl (C=O) groups is 2. The lowest BCUT2D eigenvalue weighted by atomic mass is 9.48. The SMILES string of the molecule is CC[C@H](C(=O)NC)N(Cc1ccc(Cl)c(Cl)c1)C(=O)CN(c1ccc(C23CC4CC(CC(C4)C2)C3)cc1)S(C)(=O)=O. The maximum Gasteiger partial charge on any atom is 0.244 e. The lowest BCUT2D eigenvalue weighted by Crippen LogP contribution is -2.51. The van der Waals surface area contributed by atoms with Gasteiger partial charge in [0.25, 0.3) is 0 Å². The molecule has 4 bridgehead atoms. The van der Waals surface area contributed by atoms with Crippen LogP contribution in [0.15, 0.2) is 42.5 Å². The van der Waals surface area contributed by atoms with Gasteiger partial charge < -0.3 is 10.2 Å². The molecule has 7 nitrogen and oxygen atoms in total. The number of sulfonamides is 1. The second kappa shape index (κ2) is 11.8. The van der Waals surface area contributed by atoms with E-state index in [0.717, 1.165) is 28.3 Å². The maximum atomic E-state index is 13.8. The normalized spacial score (nSPS) is 25.5. The molecule has 2 aromatic carbocycles. The molecule has 0 unspecified atom stereocenters. The minimum atomic E-state index is -3.80. The van der Waals surface area contributed by atoms with E-state index in [-0.39, 0.29) is 17.9 Å². The standard InChI is InChI=1S/C31H39Cl2N3O4S/c1-4-28(30(38)34-2)35(18-20-5-10-26(32)27(33)14-20)29(37)19-36(41(3,39)40)25-8-6-24(7-9-25)31-15-21-11-22(16-31)13-23(12-21)17-31/h5-10,14,21-23,28H,4,11-13,15-19H2,1-3H3,(H,34,38)/t21?,22?,23?,28-,31?/m1/s1. The Morgan fingerprint density at radius 1 is 0.976 bits per heavy atom. The Morgan fingerprint density at radius 2 is 1.56 bits per heavy atom. The highest BCUT2D eigenvalue weighted by molar-refractivity contribution is 7.92. The largest absolute Gasteiger partial charge is 0.357 e. The van der Waals surface area contributed by atoms with E-state index in [9.17, 15) is 18.0 Å². The monoisotopic (exact) mass is 619 g/mol. The molecule has 0 heterocycles. The molecule has 1 N–H and O–H groups in total. The third-order valence-corrected chi connectivity index (χ3v) is 11.3. The van der Waals surface area contributed by atoms with Crippen LogP contribution in [0.3, 0.4) is 0 Å². The number of nitrogens with zero attached hydrogens (tertiary/aromatic N) is 2. The molecule has 4 saturated carbocycles. The Balaban J connectivity index is 1.41. The summed E-state index contributed by atoms with van der Waals surface area (Å²) >= 11 is 12.3. The number of halogens is 2. The molecule has 4 fully saturated rings. The van der Waals surface area contributed by atoms with Crippen molar-refractivity contribution in [1.29, 1.82) is 0 Å². The zero-order valence-corrected chi connectivity index (χ0v) is 26.2. The van der Waals surface area contributed by atoms with Gasteiger partial charge in [-0.05, 0) is 104 Å². The zero-order chi connectivity index (χ0) is 29.5. The maximum absolute atomic E-state index is 13.8. The highest BCUT2D eigenvalue weighted by Gasteiger charge is 2.51. The van der Waals surface area contributed by atoms with Gasteiger partial charge >= 0.3 is 0 Å². The van der Waals surface area contributed by atoms with Crippen molar-refractivity contribution in [1.82, 2.24) is 10.2 Å². The summed E-state index contributed by atoms with van der Waals surface area (Å²) in [4.78, 5) is 28.0. The quantitative estimate of drug-likeness (QED) is 0.365. The van der Waals surface area contributed by atoms with Gasteiger partial charge in [-0.2, -0.15) is 0 Å². The Kier molecular flexibility index (Phi) is 8.66. The van der Waals surface area contributed by atoms with Crippen molar-refractivity contribution < 1.29 is 18.0 Å². The number of nitrogens with one attached hydrogen (secondary N) is 1. The van der Waals surface area contributed by atoms with Gasteiger partial charge in [0.15, 0.2) is 0 Å². The number of anilines is 1. The van der Waals surface area contributed by atoms with Gasteiger partial charge in [0.1, 0.15) is 12.6 Å². The summed E-state index contributed by atoms with van der Waals surface area (Å²) in [6.07, 6.45) is 9.17. The van der Waals surface area contributed by atoms with Crippen molar-refractivity contribution in [2.24, 2.45) is 17.8 Å². The van der Waals surface area contributed by atoms with Crippen LogP contribution in [0, 0.1) is 17.8 Å². The van der Waals surface area contributed by atoms with Crippen LogP contribution in [0.2, 0.25) is 10.0 Å². The molecule has 4 aliphatic carbocycles. The van der Waals surface area contributed by atoms with Crippen LogP contribution in [-0.4, -0.2) is 51.0 Å². The fourth-order valence-corrected chi connectivity index (χ4v) is 9.15. The van der Waals surface area contributed by atoms with Crippen molar-refractivity contribution in [3.63, 3.8) is 0 Å². The van der Waals surface area contributed by atoms with E-state index in [0.29, 0.717) is 27.7 Å². The minimum absolute atomic E-state index is 0.0736. The van der Waals surface area contributed by atoms with Gasteiger partial charge in [0.05, 0.1) is 22.0 Å². The topological polar surface area (TPSA) is 86.8 Å². The van der Waals surface area contributed by atoms with E-state index in [1.807, 2.05) is 19.1 Å². The number of carbonyl (C=O) groups excluding carboxylic acids is 2. The summed E-state index contributed by atoms with van der Waals surface area (Å²) in [5.41, 5.74) is 2.60. The summed E-state index contributed by atoms with van der Waals surface area (Å²) in [6, 6.07) is 12.0. The highest BCUT2D eigenvalue weighted by atomic mass is 35.5. The van der Waals surface area contributed by atoms with Gasteiger partial charge in [-0.15, -0.1) is 0 Å². The van der Waals surface area contributed by atoms with Crippen molar-refractivity contribution in [3.05, 3.63) is 63.6 Å². The van der Waals surface area contributed by atoms with E-state index in [1.165, 1.54) is 56.0 Å². The van der Waals surface area contributed by atoms with Crippen LogP contribution in [-0.2, 0) is 31.6 Å². The fraction of sp³-hybridized carbons (Fsp3) is 0.548. The molecule has 1 atom stereocenters. The molecule has 2 amide bonds. The van der Waals surface area contributed by atoms with Crippen LogP contribution in [0.25, 0.3) is 0 Å². The van der Waals surface area contributed by atoms with Crippen LogP contribution in [0.1, 0.15) is 63.0 Å². The van der Waals surface area contributed by atoms with Crippen molar-refractivity contribution in [2.45, 2.75) is 69.9 Å². The number of benzene rings is 2. The molecule has 41 heavy (non-hydrogen) atoms. The number of amides is 2. The van der Waals surface area contributed by atoms with Gasteiger partial charge in [-0.3, -0.25) is 13.9 Å². The second-order valence-electron chi connectivity index (χ2n) is 12.3. The van der Waals surface area contributed by atoms with Crippen molar-refractivity contribution in [3.8, 4) is 0 Å². The summed E-state index contributed by atoms with van der Waals surface area (Å²) in [6.45, 7) is 1.46. The summed E-state index contributed by atoms with van der Waals surface area (Å²) in [5.74, 6) is 1.60. The molecule has 0 spiro atoms. The average molecular weight is 621 g/mol. The number of likely N-dealkylation sites (N-methyl/N-ethyl adjacent to an activating group) is 1. The first-order valence-electron chi connectivity index (χ1n) is 14.5. The fourth-order valence-electron chi connectivity index (χ4n) is 7.98. The molecule has 0 saturated heterocycles. The van der Waals surface area contributed by atoms with Gasteiger partial charge in [-0.1, -0.05) is 48.3 Å². The van der Waals surface area contributed by atoms with Crippen LogP contribution in [0.4, 0.5) is 5.69 Å². The predicted octanol–water partition coefficient (Wildman–Crippen LogP) is 5.78. The second-order valence-corrected chi connectivity index (χ2v) is 15.0. The highest BCUT2D eigenvalue weighted by Crippen LogP contribution is 2.60. The number of rotatable bonds is 10.